The predicted octanol–water partition coefficient (Wildman–Crippen LogP) is 5.01. The fourth-order valence-electron chi connectivity index (χ4n) is 2.74. The van der Waals surface area contributed by atoms with Crippen molar-refractivity contribution in [1.82, 2.24) is 10.1 Å². The summed E-state index contributed by atoms with van der Waals surface area (Å²) in [6.07, 6.45) is 1.54. The molecule has 7 heteroatoms. The van der Waals surface area contributed by atoms with Gasteiger partial charge in [-0.3, -0.25) is 4.79 Å². The van der Waals surface area contributed by atoms with Gasteiger partial charge in [0.05, 0.1) is 33.6 Å². The number of fused-ring (bicyclic) bond motifs is 1. The van der Waals surface area contributed by atoms with Crippen LogP contribution < -0.4 is 5.32 Å². The van der Waals surface area contributed by atoms with Crippen molar-refractivity contribution < 1.29 is 13.7 Å². The maximum absolute atomic E-state index is 12.9. The lowest BCUT2D eigenvalue weighted by Crippen LogP contribution is -2.13. The normalized spacial score (nSPS) is 11.0. The van der Waals surface area contributed by atoms with Crippen molar-refractivity contribution in [1.29, 1.82) is 0 Å². The quantitative estimate of drug-likeness (QED) is 0.550. The van der Waals surface area contributed by atoms with Crippen LogP contribution in [0.4, 0.5) is 5.69 Å². The Morgan fingerprint density at radius 1 is 1.19 bits per heavy atom. The summed E-state index contributed by atoms with van der Waals surface area (Å²) in [4.78, 5) is 17.3. The van der Waals surface area contributed by atoms with Gasteiger partial charge in [-0.15, -0.1) is 0 Å². The van der Waals surface area contributed by atoms with E-state index in [2.05, 4.69) is 15.5 Å². The van der Waals surface area contributed by atoms with Crippen LogP contribution in [0.5, 0.6) is 0 Å². The molecule has 0 saturated heterocycles. The van der Waals surface area contributed by atoms with Gasteiger partial charge in [0.2, 0.25) is 0 Å². The molecule has 0 unspecified atom stereocenters. The monoisotopic (exact) mass is 367 g/mol. The third-order valence-corrected chi connectivity index (χ3v) is 4.32. The molecular weight excluding hydrogens is 354 g/mol. The van der Waals surface area contributed by atoms with Crippen molar-refractivity contribution in [2.45, 2.75) is 13.8 Å². The first kappa shape index (κ1) is 16.4. The van der Waals surface area contributed by atoms with Gasteiger partial charge in [0, 0.05) is 0 Å². The van der Waals surface area contributed by atoms with Crippen LogP contribution in [0, 0.1) is 13.8 Å². The Hall–Kier alpha value is -3.12. The van der Waals surface area contributed by atoms with Gasteiger partial charge in [0.25, 0.3) is 11.6 Å². The molecule has 4 rings (SSSR count). The lowest BCUT2D eigenvalue weighted by molar-refractivity contribution is 0.102. The minimum atomic E-state index is -0.331. The number of pyridine rings is 1. The second-order valence-corrected chi connectivity index (χ2v) is 6.33. The largest absolute Gasteiger partial charge is 0.463 e. The minimum absolute atomic E-state index is 0.275. The SMILES string of the molecule is Cc1ccc(NC(=O)c2cc(-c3ccco3)nc3onc(C)c23)c(Cl)c1. The minimum Gasteiger partial charge on any atom is -0.463 e. The van der Waals surface area contributed by atoms with E-state index in [0.717, 1.165) is 5.56 Å². The molecule has 0 aliphatic carbocycles. The average Bonchev–Trinajstić information content (AvgIpc) is 3.27. The lowest BCUT2D eigenvalue weighted by Gasteiger charge is -2.09. The summed E-state index contributed by atoms with van der Waals surface area (Å²) in [5, 5.41) is 7.79. The van der Waals surface area contributed by atoms with Crippen LogP contribution in [0.3, 0.4) is 0 Å². The number of hydrogen-bond donors (Lipinski definition) is 1. The highest BCUT2D eigenvalue weighted by Gasteiger charge is 2.20. The number of furan rings is 1. The van der Waals surface area contributed by atoms with Gasteiger partial charge >= 0.3 is 0 Å². The molecule has 0 bridgehead atoms. The number of hydrogen-bond acceptors (Lipinski definition) is 5. The number of aryl methyl sites for hydroxylation is 2. The molecule has 26 heavy (non-hydrogen) atoms. The maximum Gasteiger partial charge on any atom is 0.259 e. The van der Waals surface area contributed by atoms with Crippen molar-refractivity contribution in [3.8, 4) is 11.5 Å². The van der Waals surface area contributed by atoms with Gasteiger partial charge in [0.15, 0.2) is 5.76 Å². The second-order valence-electron chi connectivity index (χ2n) is 5.92. The number of nitrogens with one attached hydrogen (secondary N) is 1. The first-order valence-corrected chi connectivity index (χ1v) is 8.29. The third-order valence-electron chi connectivity index (χ3n) is 4.01. The predicted molar refractivity (Wildman–Crippen MR) is 98.4 cm³/mol. The van der Waals surface area contributed by atoms with E-state index in [1.807, 2.05) is 13.0 Å². The van der Waals surface area contributed by atoms with Crippen LogP contribution in [0.1, 0.15) is 21.6 Å². The van der Waals surface area contributed by atoms with E-state index in [4.69, 9.17) is 20.5 Å². The Labute approximate surface area is 153 Å². The van der Waals surface area contributed by atoms with Crippen molar-refractivity contribution in [2.24, 2.45) is 0 Å². The summed E-state index contributed by atoms with van der Waals surface area (Å²) >= 11 is 6.23. The van der Waals surface area contributed by atoms with E-state index < -0.39 is 0 Å². The molecule has 1 N–H and O–H groups in total. The fraction of sp³-hybridized carbons (Fsp3) is 0.105. The molecule has 0 saturated carbocycles. The fourth-order valence-corrected chi connectivity index (χ4v) is 3.02. The molecule has 0 aliphatic heterocycles. The zero-order valence-corrected chi connectivity index (χ0v) is 14.8. The number of aromatic nitrogens is 2. The van der Waals surface area contributed by atoms with Crippen molar-refractivity contribution in [3.63, 3.8) is 0 Å². The van der Waals surface area contributed by atoms with Gasteiger partial charge in [0.1, 0.15) is 5.69 Å². The molecule has 130 valence electrons. The summed E-state index contributed by atoms with van der Waals surface area (Å²) in [6.45, 7) is 3.69. The maximum atomic E-state index is 12.9. The molecule has 4 aromatic rings. The van der Waals surface area contributed by atoms with E-state index in [1.54, 1.807) is 43.5 Å². The first-order chi connectivity index (χ1) is 12.5. The number of carbonyl (C=O) groups is 1. The summed E-state index contributed by atoms with van der Waals surface area (Å²) in [5.41, 5.74) is 3.26. The number of nitrogens with zero attached hydrogens (tertiary/aromatic N) is 2. The number of benzene rings is 1. The van der Waals surface area contributed by atoms with E-state index in [9.17, 15) is 4.79 Å². The molecule has 3 heterocycles. The van der Waals surface area contributed by atoms with Crippen molar-refractivity contribution in [2.75, 3.05) is 5.32 Å². The van der Waals surface area contributed by atoms with E-state index >= 15 is 0 Å². The summed E-state index contributed by atoms with van der Waals surface area (Å²) < 4.78 is 10.6. The van der Waals surface area contributed by atoms with Gasteiger partial charge in [-0.2, -0.15) is 0 Å². The number of anilines is 1. The Kier molecular flexibility index (Phi) is 3.97. The van der Waals surface area contributed by atoms with Crippen LogP contribution in [0.15, 0.2) is 51.6 Å². The Morgan fingerprint density at radius 3 is 2.77 bits per heavy atom. The van der Waals surface area contributed by atoms with E-state index in [-0.39, 0.29) is 11.6 Å². The van der Waals surface area contributed by atoms with Gasteiger partial charge < -0.3 is 14.3 Å². The average molecular weight is 368 g/mol. The highest BCUT2D eigenvalue weighted by molar-refractivity contribution is 6.34. The number of carbonyl (C=O) groups excluding carboxylic acids is 1. The zero-order valence-electron chi connectivity index (χ0n) is 14.0. The van der Waals surface area contributed by atoms with Crippen LogP contribution in [-0.4, -0.2) is 16.0 Å². The van der Waals surface area contributed by atoms with Gasteiger partial charge in [-0.05, 0) is 49.7 Å². The van der Waals surface area contributed by atoms with E-state index in [1.165, 1.54) is 0 Å². The summed E-state index contributed by atoms with van der Waals surface area (Å²) in [6, 6.07) is 10.6. The molecule has 0 radical (unpaired) electrons. The second kappa shape index (κ2) is 6.31. The first-order valence-electron chi connectivity index (χ1n) is 7.91. The zero-order chi connectivity index (χ0) is 18.3. The third kappa shape index (κ3) is 2.84. The topological polar surface area (TPSA) is 81.2 Å². The van der Waals surface area contributed by atoms with Crippen LogP contribution >= 0.6 is 11.6 Å². The molecule has 0 fully saturated rings. The standard InChI is InChI=1S/C19H14ClN3O3/c1-10-5-6-14(13(20)8-10)21-18(24)12-9-15(16-4-3-7-25-16)22-19-17(12)11(2)23-26-19/h3-9H,1-2H3,(H,21,24). The summed E-state index contributed by atoms with van der Waals surface area (Å²) in [7, 11) is 0. The highest BCUT2D eigenvalue weighted by atomic mass is 35.5. The Morgan fingerprint density at radius 2 is 2.04 bits per heavy atom. The Bertz CT molecular complexity index is 1120. The molecule has 3 aromatic heterocycles. The highest BCUT2D eigenvalue weighted by Crippen LogP contribution is 2.29. The molecule has 1 aromatic carbocycles. The molecule has 0 spiro atoms. The van der Waals surface area contributed by atoms with Crippen LogP contribution in [0.25, 0.3) is 22.6 Å². The van der Waals surface area contributed by atoms with Crippen molar-refractivity contribution in [3.05, 3.63) is 64.5 Å². The molecule has 1 amide bonds. The number of amides is 1. The van der Waals surface area contributed by atoms with E-state index in [0.29, 0.717) is 38.8 Å². The molecule has 0 aliphatic rings. The van der Waals surface area contributed by atoms with Crippen LogP contribution in [-0.2, 0) is 0 Å². The number of halogens is 1. The van der Waals surface area contributed by atoms with Crippen molar-refractivity contribution >= 4 is 34.3 Å². The Balaban J connectivity index is 1.81. The molecule has 0 atom stereocenters. The van der Waals surface area contributed by atoms with Gasteiger partial charge in [-0.25, -0.2) is 4.98 Å². The van der Waals surface area contributed by atoms with Gasteiger partial charge in [-0.1, -0.05) is 22.8 Å². The number of rotatable bonds is 3. The molecule has 6 nitrogen and oxygen atoms in total. The smallest absolute Gasteiger partial charge is 0.259 e. The lowest BCUT2D eigenvalue weighted by atomic mass is 10.1. The summed E-state index contributed by atoms with van der Waals surface area (Å²) in [5.74, 6) is 0.200. The van der Waals surface area contributed by atoms with Crippen LogP contribution in [0.2, 0.25) is 5.02 Å². The molecular formula is C19H14ClN3O3.